The Balaban J connectivity index is 2.54. The summed E-state index contributed by atoms with van der Waals surface area (Å²) >= 11 is 0. The maximum Gasteiger partial charge on any atom is 0.401 e. The molecule has 0 aliphatic carbocycles. The van der Waals surface area contributed by atoms with Crippen molar-refractivity contribution in [3.8, 4) is 0 Å². The van der Waals surface area contributed by atoms with Gasteiger partial charge < -0.3 is 0 Å². The van der Waals surface area contributed by atoms with Crippen molar-refractivity contribution in [2.45, 2.75) is 45.3 Å². The maximum absolute atomic E-state index is 12.2. The van der Waals surface area contributed by atoms with Crippen LogP contribution in [0.3, 0.4) is 0 Å². The molecule has 1 unspecified atom stereocenters. The van der Waals surface area contributed by atoms with Gasteiger partial charge in [-0.3, -0.25) is 4.90 Å². The largest absolute Gasteiger partial charge is 0.401 e. The summed E-state index contributed by atoms with van der Waals surface area (Å²) in [7, 11) is 0. The van der Waals surface area contributed by atoms with Crippen LogP contribution < -0.4 is 0 Å². The van der Waals surface area contributed by atoms with E-state index in [0.717, 1.165) is 19.3 Å². The molecule has 1 aliphatic heterocycles. The molecule has 1 rings (SSSR count). The van der Waals surface area contributed by atoms with Gasteiger partial charge >= 0.3 is 6.18 Å². The molecule has 0 bridgehead atoms. The molecule has 0 aromatic rings. The second kappa shape index (κ2) is 4.51. The van der Waals surface area contributed by atoms with Gasteiger partial charge in [-0.1, -0.05) is 20.3 Å². The molecule has 0 radical (unpaired) electrons. The first-order valence-electron chi connectivity index (χ1n) is 5.21. The summed E-state index contributed by atoms with van der Waals surface area (Å²) in [5.41, 5.74) is 0. The predicted octanol–water partition coefficient (Wildman–Crippen LogP) is 3.06. The van der Waals surface area contributed by atoms with Crippen molar-refractivity contribution in [1.29, 1.82) is 0 Å². The van der Waals surface area contributed by atoms with Gasteiger partial charge in [0.2, 0.25) is 0 Å². The molecule has 0 saturated carbocycles. The minimum atomic E-state index is -4.05. The summed E-state index contributed by atoms with van der Waals surface area (Å²) < 4.78 is 36.7. The monoisotopic (exact) mass is 209 g/mol. The van der Waals surface area contributed by atoms with Gasteiger partial charge in [-0.2, -0.15) is 13.2 Å². The van der Waals surface area contributed by atoms with Crippen molar-refractivity contribution in [3.63, 3.8) is 0 Å². The molecule has 1 saturated heterocycles. The smallest absolute Gasteiger partial charge is 0.292 e. The Kier molecular flexibility index (Phi) is 3.81. The Hall–Kier alpha value is -0.250. The van der Waals surface area contributed by atoms with E-state index in [2.05, 4.69) is 0 Å². The second-order valence-corrected chi connectivity index (χ2v) is 4.39. The third-order valence-electron chi connectivity index (χ3n) is 2.82. The van der Waals surface area contributed by atoms with Crippen molar-refractivity contribution in [2.75, 3.05) is 13.1 Å². The van der Waals surface area contributed by atoms with Crippen molar-refractivity contribution in [2.24, 2.45) is 5.92 Å². The standard InChI is InChI=1S/C10H18F3N/c1-8(2)9-5-3-4-6-14(9)7-10(11,12)13/h8-9H,3-7H2,1-2H3. The van der Waals surface area contributed by atoms with Crippen LogP contribution >= 0.6 is 0 Å². The zero-order chi connectivity index (χ0) is 10.8. The van der Waals surface area contributed by atoms with E-state index in [1.165, 1.54) is 0 Å². The number of hydrogen-bond acceptors (Lipinski definition) is 1. The van der Waals surface area contributed by atoms with E-state index in [1.807, 2.05) is 13.8 Å². The molecule has 0 spiro atoms. The number of piperidine rings is 1. The van der Waals surface area contributed by atoms with Crippen LogP contribution in [0.15, 0.2) is 0 Å². The lowest BCUT2D eigenvalue weighted by Crippen LogP contribution is -2.47. The Bertz CT molecular complexity index is 177. The highest BCUT2D eigenvalue weighted by Gasteiger charge is 2.35. The molecular formula is C10H18F3N. The number of likely N-dealkylation sites (tertiary alicyclic amines) is 1. The lowest BCUT2D eigenvalue weighted by molar-refractivity contribution is -0.155. The number of rotatable bonds is 2. The second-order valence-electron chi connectivity index (χ2n) is 4.39. The highest BCUT2D eigenvalue weighted by Crippen LogP contribution is 2.27. The zero-order valence-corrected chi connectivity index (χ0v) is 8.77. The number of nitrogens with zero attached hydrogens (tertiary/aromatic N) is 1. The Morgan fingerprint density at radius 3 is 2.43 bits per heavy atom. The van der Waals surface area contributed by atoms with Gasteiger partial charge in [-0.15, -0.1) is 0 Å². The summed E-state index contributed by atoms with van der Waals surface area (Å²) in [6.45, 7) is 3.86. The van der Waals surface area contributed by atoms with E-state index in [9.17, 15) is 13.2 Å². The summed E-state index contributed by atoms with van der Waals surface area (Å²) in [6, 6.07) is 0.116. The van der Waals surface area contributed by atoms with Crippen LogP contribution in [0, 0.1) is 5.92 Å². The third kappa shape index (κ3) is 3.48. The van der Waals surface area contributed by atoms with Crippen molar-refractivity contribution >= 4 is 0 Å². The fourth-order valence-corrected chi connectivity index (χ4v) is 2.20. The van der Waals surface area contributed by atoms with E-state index >= 15 is 0 Å². The minimum absolute atomic E-state index is 0.116. The van der Waals surface area contributed by atoms with Crippen LogP contribution in [0.1, 0.15) is 33.1 Å². The molecule has 0 N–H and O–H groups in total. The first-order chi connectivity index (χ1) is 6.40. The fraction of sp³-hybridized carbons (Fsp3) is 1.00. The Labute approximate surface area is 83.3 Å². The van der Waals surface area contributed by atoms with Crippen LogP contribution in [-0.2, 0) is 0 Å². The zero-order valence-electron chi connectivity index (χ0n) is 8.77. The van der Waals surface area contributed by atoms with Crippen LogP contribution in [-0.4, -0.2) is 30.2 Å². The van der Waals surface area contributed by atoms with E-state index in [-0.39, 0.29) is 6.04 Å². The lowest BCUT2D eigenvalue weighted by atomic mass is 9.93. The number of halogens is 3. The van der Waals surface area contributed by atoms with Crippen LogP contribution in [0.2, 0.25) is 0 Å². The van der Waals surface area contributed by atoms with Gasteiger partial charge in [-0.25, -0.2) is 0 Å². The topological polar surface area (TPSA) is 3.24 Å². The van der Waals surface area contributed by atoms with Crippen molar-refractivity contribution < 1.29 is 13.2 Å². The van der Waals surface area contributed by atoms with Gasteiger partial charge in [0.1, 0.15) is 0 Å². The molecule has 1 nitrogen and oxygen atoms in total. The van der Waals surface area contributed by atoms with E-state index in [1.54, 1.807) is 4.90 Å². The molecule has 1 fully saturated rings. The molecule has 1 atom stereocenters. The summed E-state index contributed by atoms with van der Waals surface area (Å²) in [6.07, 6.45) is -1.17. The van der Waals surface area contributed by atoms with E-state index < -0.39 is 12.7 Å². The van der Waals surface area contributed by atoms with Gasteiger partial charge in [0.05, 0.1) is 6.54 Å². The molecule has 0 aromatic heterocycles. The summed E-state index contributed by atoms with van der Waals surface area (Å²) in [4.78, 5) is 1.59. The van der Waals surface area contributed by atoms with Gasteiger partial charge in [0.25, 0.3) is 0 Å². The molecule has 1 aliphatic rings. The lowest BCUT2D eigenvalue weighted by Gasteiger charge is -2.38. The summed E-state index contributed by atoms with van der Waals surface area (Å²) in [5, 5.41) is 0. The molecule has 0 aromatic carbocycles. The number of hydrogen-bond donors (Lipinski definition) is 0. The van der Waals surface area contributed by atoms with E-state index in [0.29, 0.717) is 12.5 Å². The van der Waals surface area contributed by atoms with E-state index in [4.69, 9.17) is 0 Å². The molecule has 0 amide bonds. The molecule has 1 heterocycles. The fourth-order valence-electron chi connectivity index (χ4n) is 2.20. The Morgan fingerprint density at radius 2 is 1.93 bits per heavy atom. The highest BCUT2D eigenvalue weighted by molar-refractivity contribution is 4.80. The average molecular weight is 209 g/mol. The first-order valence-corrected chi connectivity index (χ1v) is 5.21. The van der Waals surface area contributed by atoms with Crippen LogP contribution in [0.4, 0.5) is 13.2 Å². The van der Waals surface area contributed by atoms with Crippen molar-refractivity contribution in [3.05, 3.63) is 0 Å². The first kappa shape index (κ1) is 11.8. The highest BCUT2D eigenvalue weighted by atomic mass is 19.4. The van der Waals surface area contributed by atoms with Crippen LogP contribution in [0.25, 0.3) is 0 Å². The molecule has 84 valence electrons. The number of alkyl halides is 3. The van der Waals surface area contributed by atoms with Gasteiger partial charge in [0.15, 0.2) is 0 Å². The minimum Gasteiger partial charge on any atom is -0.292 e. The van der Waals surface area contributed by atoms with Gasteiger partial charge in [0, 0.05) is 6.04 Å². The third-order valence-corrected chi connectivity index (χ3v) is 2.82. The Morgan fingerprint density at radius 1 is 1.29 bits per heavy atom. The van der Waals surface area contributed by atoms with Crippen LogP contribution in [0.5, 0.6) is 0 Å². The summed E-state index contributed by atoms with van der Waals surface area (Å²) in [5.74, 6) is 0.317. The molecular weight excluding hydrogens is 191 g/mol. The SMILES string of the molecule is CC(C)C1CCCCN1CC(F)(F)F. The quantitative estimate of drug-likeness (QED) is 0.675. The van der Waals surface area contributed by atoms with Crippen molar-refractivity contribution in [1.82, 2.24) is 4.90 Å². The predicted molar refractivity (Wildman–Crippen MR) is 50.1 cm³/mol. The average Bonchev–Trinajstić information content (AvgIpc) is 2.01. The molecule has 14 heavy (non-hydrogen) atoms. The molecule has 4 heteroatoms. The van der Waals surface area contributed by atoms with Gasteiger partial charge in [-0.05, 0) is 25.3 Å². The normalized spacial score (nSPS) is 25.7. The maximum atomic E-state index is 12.2.